The maximum absolute atomic E-state index is 4.37. The Balaban J connectivity index is 2.13. The van der Waals surface area contributed by atoms with Crippen LogP contribution < -0.4 is 4.90 Å². The van der Waals surface area contributed by atoms with E-state index in [1.807, 2.05) is 6.20 Å². The zero-order valence-electron chi connectivity index (χ0n) is 6.83. The Morgan fingerprint density at radius 3 is 2.67 bits per heavy atom. The highest BCUT2D eigenvalue weighted by molar-refractivity contribution is 9.08. The van der Waals surface area contributed by atoms with Gasteiger partial charge in [0, 0.05) is 24.6 Å². The number of hydrogen-bond acceptors (Lipinski definition) is 2. The molecule has 1 aromatic heterocycles. The molecule has 0 bridgehead atoms. The lowest BCUT2D eigenvalue weighted by atomic mass is 10.2. The summed E-state index contributed by atoms with van der Waals surface area (Å²) < 4.78 is 0. The Bertz CT molecular complexity index is 254. The highest BCUT2D eigenvalue weighted by Crippen LogP contribution is 2.18. The lowest BCUT2D eigenvalue weighted by Gasteiger charge is -2.31. The summed E-state index contributed by atoms with van der Waals surface area (Å²) in [4.78, 5) is 6.66. The van der Waals surface area contributed by atoms with Crippen molar-refractivity contribution in [3.63, 3.8) is 0 Å². The molecule has 1 saturated heterocycles. The van der Waals surface area contributed by atoms with E-state index in [0.717, 1.165) is 11.1 Å². The molecule has 2 heterocycles. The average molecular weight is 227 g/mol. The maximum Gasteiger partial charge on any atom is 0.128 e. The van der Waals surface area contributed by atoms with Crippen molar-refractivity contribution in [3.8, 4) is 0 Å². The number of anilines is 1. The molecule has 0 aliphatic carbocycles. The van der Waals surface area contributed by atoms with Crippen LogP contribution in [0.15, 0.2) is 18.3 Å². The van der Waals surface area contributed by atoms with Gasteiger partial charge < -0.3 is 4.90 Å². The number of pyridine rings is 1. The second-order valence-corrected chi connectivity index (χ2v) is 3.56. The van der Waals surface area contributed by atoms with Crippen molar-refractivity contribution in [2.45, 2.75) is 11.8 Å². The molecule has 2 rings (SSSR count). The van der Waals surface area contributed by atoms with Crippen LogP contribution in [0.1, 0.15) is 12.0 Å². The van der Waals surface area contributed by atoms with Gasteiger partial charge in [0.05, 0.1) is 0 Å². The molecular weight excluding hydrogens is 216 g/mol. The van der Waals surface area contributed by atoms with Gasteiger partial charge >= 0.3 is 0 Å². The number of halogens is 1. The first kappa shape index (κ1) is 8.05. The molecule has 1 aromatic rings. The number of aromatic nitrogens is 1. The van der Waals surface area contributed by atoms with E-state index in [9.17, 15) is 0 Å². The summed E-state index contributed by atoms with van der Waals surface area (Å²) in [7, 11) is 0. The third-order valence-corrected chi connectivity index (χ3v) is 2.79. The molecule has 2 nitrogen and oxygen atoms in total. The van der Waals surface area contributed by atoms with E-state index >= 15 is 0 Å². The molecule has 0 aromatic carbocycles. The molecule has 1 aliphatic heterocycles. The Hall–Kier alpha value is -0.570. The fourth-order valence-corrected chi connectivity index (χ4v) is 1.56. The van der Waals surface area contributed by atoms with Crippen LogP contribution in [0.25, 0.3) is 0 Å². The summed E-state index contributed by atoms with van der Waals surface area (Å²) >= 11 is 3.40. The van der Waals surface area contributed by atoms with E-state index in [4.69, 9.17) is 0 Å². The number of hydrogen-bond donors (Lipinski definition) is 0. The van der Waals surface area contributed by atoms with Crippen molar-refractivity contribution in [1.82, 2.24) is 4.98 Å². The van der Waals surface area contributed by atoms with E-state index in [-0.39, 0.29) is 0 Å². The summed E-state index contributed by atoms with van der Waals surface area (Å²) in [6.07, 6.45) is 3.24. The number of rotatable bonds is 2. The normalized spacial score (nSPS) is 15.9. The van der Waals surface area contributed by atoms with Gasteiger partial charge in [0.15, 0.2) is 0 Å². The monoisotopic (exact) mass is 226 g/mol. The van der Waals surface area contributed by atoms with Gasteiger partial charge in [-0.2, -0.15) is 0 Å². The minimum absolute atomic E-state index is 0.889. The van der Waals surface area contributed by atoms with Crippen LogP contribution in [-0.2, 0) is 5.33 Å². The quantitative estimate of drug-likeness (QED) is 0.720. The summed E-state index contributed by atoms with van der Waals surface area (Å²) in [6.45, 7) is 2.33. The Labute approximate surface area is 80.7 Å². The Morgan fingerprint density at radius 2 is 2.25 bits per heavy atom. The minimum Gasteiger partial charge on any atom is -0.356 e. The molecule has 0 unspecified atom stereocenters. The number of nitrogens with zero attached hydrogens (tertiary/aromatic N) is 2. The van der Waals surface area contributed by atoms with E-state index in [1.165, 1.54) is 25.1 Å². The highest BCUT2D eigenvalue weighted by Gasteiger charge is 2.14. The third kappa shape index (κ3) is 1.46. The van der Waals surface area contributed by atoms with Gasteiger partial charge in [0.25, 0.3) is 0 Å². The molecule has 0 atom stereocenters. The van der Waals surface area contributed by atoms with Crippen molar-refractivity contribution in [3.05, 3.63) is 23.9 Å². The summed E-state index contributed by atoms with van der Waals surface area (Å²) in [5, 5.41) is 0.889. The molecule has 64 valence electrons. The van der Waals surface area contributed by atoms with Gasteiger partial charge in [0.1, 0.15) is 5.82 Å². The summed E-state index contributed by atoms with van der Waals surface area (Å²) in [6, 6.07) is 4.21. The van der Waals surface area contributed by atoms with Crippen LogP contribution in [-0.4, -0.2) is 18.1 Å². The second kappa shape index (κ2) is 3.44. The Morgan fingerprint density at radius 1 is 1.42 bits per heavy atom. The fourth-order valence-electron chi connectivity index (χ4n) is 1.23. The SMILES string of the molecule is BrCc1ccc(N2CCC2)nc1. The smallest absolute Gasteiger partial charge is 0.128 e. The van der Waals surface area contributed by atoms with Crippen molar-refractivity contribution >= 4 is 21.7 Å². The first-order valence-electron chi connectivity index (χ1n) is 4.16. The predicted octanol–water partition coefficient (Wildman–Crippen LogP) is 2.19. The predicted molar refractivity (Wildman–Crippen MR) is 53.7 cm³/mol. The zero-order valence-corrected chi connectivity index (χ0v) is 8.42. The molecule has 0 N–H and O–H groups in total. The fraction of sp³-hybridized carbons (Fsp3) is 0.444. The largest absolute Gasteiger partial charge is 0.356 e. The van der Waals surface area contributed by atoms with E-state index in [0.29, 0.717) is 0 Å². The van der Waals surface area contributed by atoms with Crippen LogP contribution >= 0.6 is 15.9 Å². The maximum atomic E-state index is 4.37. The molecule has 0 spiro atoms. The molecule has 1 aliphatic rings. The minimum atomic E-state index is 0.889. The second-order valence-electron chi connectivity index (χ2n) is 3.00. The Kier molecular flexibility index (Phi) is 2.30. The molecule has 0 amide bonds. The van der Waals surface area contributed by atoms with E-state index in [2.05, 4.69) is 37.9 Å². The van der Waals surface area contributed by atoms with E-state index in [1.54, 1.807) is 0 Å². The highest BCUT2D eigenvalue weighted by atomic mass is 79.9. The van der Waals surface area contributed by atoms with Crippen molar-refractivity contribution in [2.24, 2.45) is 0 Å². The van der Waals surface area contributed by atoms with Crippen LogP contribution in [0.4, 0.5) is 5.82 Å². The molecule has 1 fully saturated rings. The van der Waals surface area contributed by atoms with Gasteiger partial charge in [-0.1, -0.05) is 22.0 Å². The lowest BCUT2D eigenvalue weighted by Crippen LogP contribution is -2.37. The molecule has 3 heteroatoms. The first-order valence-corrected chi connectivity index (χ1v) is 5.28. The molecule has 12 heavy (non-hydrogen) atoms. The first-order chi connectivity index (χ1) is 5.90. The van der Waals surface area contributed by atoms with Crippen molar-refractivity contribution in [2.75, 3.05) is 18.0 Å². The van der Waals surface area contributed by atoms with Crippen LogP contribution in [0.5, 0.6) is 0 Å². The standard InChI is InChI=1S/C9H11BrN2/c10-6-8-2-3-9(11-7-8)12-4-1-5-12/h2-3,7H,1,4-6H2. The topological polar surface area (TPSA) is 16.1 Å². The van der Waals surface area contributed by atoms with Gasteiger partial charge in [-0.15, -0.1) is 0 Å². The molecule has 0 radical (unpaired) electrons. The third-order valence-electron chi connectivity index (χ3n) is 2.14. The van der Waals surface area contributed by atoms with Crippen molar-refractivity contribution in [1.29, 1.82) is 0 Å². The van der Waals surface area contributed by atoms with Crippen molar-refractivity contribution < 1.29 is 0 Å². The lowest BCUT2D eigenvalue weighted by molar-refractivity contribution is 0.609. The summed E-state index contributed by atoms with van der Waals surface area (Å²) in [5.74, 6) is 1.12. The van der Waals surface area contributed by atoms with Crippen LogP contribution in [0.2, 0.25) is 0 Å². The molecular formula is C9H11BrN2. The number of alkyl halides is 1. The average Bonchev–Trinajstić information content (AvgIpc) is 2.03. The van der Waals surface area contributed by atoms with Gasteiger partial charge in [-0.05, 0) is 18.1 Å². The van der Waals surface area contributed by atoms with Crippen LogP contribution in [0.3, 0.4) is 0 Å². The molecule has 0 saturated carbocycles. The van der Waals surface area contributed by atoms with Gasteiger partial charge in [-0.3, -0.25) is 0 Å². The zero-order chi connectivity index (χ0) is 8.39. The summed E-state index contributed by atoms with van der Waals surface area (Å²) in [5.41, 5.74) is 1.24. The van der Waals surface area contributed by atoms with E-state index < -0.39 is 0 Å². The van der Waals surface area contributed by atoms with Gasteiger partial charge in [0.2, 0.25) is 0 Å². The van der Waals surface area contributed by atoms with Gasteiger partial charge in [-0.25, -0.2) is 4.98 Å². The van der Waals surface area contributed by atoms with Crippen LogP contribution in [0, 0.1) is 0 Å².